The summed E-state index contributed by atoms with van der Waals surface area (Å²) in [7, 11) is 0. The van der Waals surface area contributed by atoms with E-state index in [-0.39, 0.29) is 5.91 Å². The zero-order chi connectivity index (χ0) is 12.3. The Balaban J connectivity index is 2.01. The van der Waals surface area contributed by atoms with Crippen LogP contribution >= 0.6 is 43.2 Å². The Hall–Kier alpha value is -0.650. The number of thiophene rings is 1. The van der Waals surface area contributed by atoms with Gasteiger partial charge in [-0.3, -0.25) is 4.79 Å². The topological polar surface area (TPSA) is 29.1 Å². The predicted molar refractivity (Wildman–Crippen MR) is 77.3 cm³/mol. The molecule has 2 rings (SSSR count). The normalized spacial score (nSPS) is 10.2. The van der Waals surface area contributed by atoms with E-state index < -0.39 is 0 Å². The van der Waals surface area contributed by atoms with Crippen LogP contribution in [-0.4, -0.2) is 5.91 Å². The molecule has 2 aromatic rings. The summed E-state index contributed by atoms with van der Waals surface area (Å²) in [6, 6.07) is 9.39. The molecule has 0 saturated heterocycles. The minimum absolute atomic E-state index is 0.0676. The van der Waals surface area contributed by atoms with Crippen LogP contribution in [0.2, 0.25) is 0 Å². The summed E-state index contributed by atoms with van der Waals surface area (Å²) in [6.07, 6.45) is 0. The molecule has 0 atom stereocenters. The number of carbonyl (C=O) groups excluding carboxylic acids is 1. The van der Waals surface area contributed by atoms with Crippen LogP contribution < -0.4 is 5.32 Å². The van der Waals surface area contributed by atoms with Crippen molar-refractivity contribution >= 4 is 49.1 Å². The summed E-state index contributed by atoms with van der Waals surface area (Å²) in [5.41, 5.74) is 0.656. The van der Waals surface area contributed by atoms with E-state index >= 15 is 0 Å². The third-order valence-electron chi connectivity index (χ3n) is 2.16. The molecule has 0 bridgehead atoms. The van der Waals surface area contributed by atoms with Gasteiger partial charge in [0.1, 0.15) is 0 Å². The molecule has 0 aliphatic heterocycles. The highest BCUT2D eigenvalue weighted by molar-refractivity contribution is 9.10. The molecule has 0 radical (unpaired) electrons. The monoisotopic (exact) mass is 373 g/mol. The lowest BCUT2D eigenvalue weighted by atomic mass is 10.2. The Morgan fingerprint density at radius 2 is 2.06 bits per heavy atom. The minimum Gasteiger partial charge on any atom is -0.347 e. The van der Waals surface area contributed by atoms with Gasteiger partial charge in [0, 0.05) is 19.2 Å². The largest absolute Gasteiger partial charge is 0.347 e. The van der Waals surface area contributed by atoms with E-state index in [4.69, 9.17) is 0 Å². The molecule has 0 saturated carbocycles. The van der Waals surface area contributed by atoms with Crippen molar-refractivity contribution < 1.29 is 4.79 Å². The van der Waals surface area contributed by atoms with E-state index in [0.717, 1.165) is 13.8 Å². The summed E-state index contributed by atoms with van der Waals surface area (Å²) in [5, 5.41) is 4.89. The highest BCUT2D eigenvalue weighted by Gasteiger charge is 2.08. The van der Waals surface area contributed by atoms with Crippen molar-refractivity contribution in [1.29, 1.82) is 0 Å². The smallest absolute Gasteiger partial charge is 0.252 e. The van der Waals surface area contributed by atoms with Crippen LogP contribution in [0.1, 0.15) is 15.2 Å². The van der Waals surface area contributed by atoms with Crippen LogP contribution in [0.4, 0.5) is 0 Å². The molecule has 1 amide bonds. The molecule has 0 aliphatic rings. The summed E-state index contributed by atoms with van der Waals surface area (Å²) in [6.45, 7) is 0.552. The van der Waals surface area contributed by atoms with E-state index in [1.54, 1.807) is 17.4 Å². The van der Waals surface area contributed by atoms with E-state index in [0.29, 0.717) is 12.1 Å². The summed E-state index contributed by atoms with van der Waals surface area (Å²) >= 11 is 8.37. The average Bonchev–Trinajstić information content (AvgIpc) is 2.73. The predicted octanol–water partition coefficient (Wildman–Crippen LogP) is 4.20. The number of rotatable bonds is 3. The third-order valence-corrected chi connectivity index (χ3v) is 4.55. The molecule has 1 heterocycles. The highest BCUT2D eigenvalue weighted by atomic mass is 79.9. The summed E-state index contributed by atoms with van der Waals surface area (Å²) in [4.78, 5) is 13.0. The molecular formula is C12H9Br2NOS. The van der Waals surface area contributed by atoms with Gasteiger partial charge in [-0.15, -0.1) is 11.3 Å². The van der Waals surface area contributed by atoms with Crippen molar-refractivity contribution in [3.63, 3.8) is 0 Å². The standard InChI is InChI=1S/C12H9Br2NOS/c13-8-5-9(17-7-8)6-15-12(16)10-3-1-2-4-11(10)14/h1-5,7H,6H2,(H,15,16). The van der Waals surface area contributed by atoms with Gasteiger partial charge in [0.2, 0.25) is 0 Å². The SMILES string of the molecule is O=C(NCc1cc(Br)cs1)c1ccccc1Br. The van der Waals surface area contributed by atoms with Crippen molar-refractivity contribution in [2.75, 3.05) is 0 Å². The maximum absolute atomic E-state index is 11.9. The summed E-state index contributed by atoms with van der Waals surface area (Å²) in [5.74, 6) is -0.0676. The molecule has 5 heteroatoms. The lowest BCUT2D eigenvalue weighted by molar-refractivity contribution is 0.0950. The van der Waals surface area contributed by atoms with Gasteiger partial charge in [0.25, 0.3) is 5.91 Å². The van der Waals surface area contributed by atoms with Crippen LogP contribution in [0.5, 0.6) is 0 Å². The first kappa shape index (κ1) is 12.8. The van der Waals surface area contributed by atoms with Gasteiger partial charge in [-0.2, -0.15) is 0 Å². The first-order valence-corrected chi connectivity index (χ1v) is 7.39. The minimum atomic E-state index is -0.0676. The fourth-order valence-electron chi connectivity index (χ4n) is 1.35. The molecule has 1 aromatic carbocycles. The highest BCUT2D eigenvalue weighted by Crippen LogP contribution is 2.20. The van der Waals surface area contributed by atoms with Crippen LogP contribution in [-0.2, 0) is 6.54 Å². The van der Waals surface area contributed by atoms with E-state index in [1.165, 1.54) is 0 Å². The van der Waals surface area contributed by atoms with Crippen LogP contribution in [0.25, 0.3) is 0 Å². The van der Waals surface area contributed by atoms with E-state index in [2.05, 4.69) is 37.2 Å². The van der Waals surface area contributed by atoms with Crippen molar-refractivity contribution in [2.24, 2.45) is 0 Å². The molecule has 0 unspecified atom stereocenters. The first-order valence-electron chi connectivity index (χ1n) is 4.92. The number of halogens is 2. The molecule has 88 valence electrons. The summed E-state index contributed by atoms with van der Waals surface area (Å²) < 4.78 is 1.86. The van der Waals surface area contributed by atoms with Crippen LogP contribution in [0.15, 0.2) is 44.7 Å². The molecular weight excluding hydrogens is 366 g/mol. The zero-order valence-electron chi connectivity index (χ0n) is 8.74. The lowest BCUT2D eigenvalue weighted by Crippen LogP contribution is -2.22. The molecule has 0 aliphatic carbocycles. The van der Waals surface area contributed by atoms with Crippen LogP contribution in [0.3, 0.4) is 0 Å². The van der Waals surface area contributed by atoms with Crippen molar-refractivity contribution in [3.05, 3.63) is 55.1 Å². The second-order valence-corrected chi connectivity index (χ2v) is 6.16. The second kappa shape index (κ2) is 5.80. The van der Waals surface area contributed by atoms with Gasteiger partial charge < -0.3 is 5.32 Å². The Morgan fingerprint density at radius 3 is 2.71 bits per heavy atom. The molecule has 2 nitrogen and oxygen atoms in total. The maximum Gasteiger partial charge on any atom is 0.252 e. The van der Waals surface area contributed by atoms with Gasteiger partial charge in [-0.1, -0.05) is 12.1 Å². The number of hydrogen-bond donors (Lipinski definition) is 1. The first-order chi connectivity index (χ1) is 8.16. The molecule has 0 fully saturated rings. The fourth-order valence-corrected chi connectivity index (χ4v) is 3.21. The Bertz CT molecular complexity index is 539. The second-order valence-electron chi connectivity index (χ2n) is 3.39. The van der Waals surface area contributed by atoms with Gasteiger partial charge in [0.05, 0.1) is 12.1 Å². The Labute approximate surface area is 120 Å². The molecule has 17 heavy (non-hydrogen) atoms. The lowest BCUT2D eigenvalue weighted by Gasteiger charge is -2.05. The number of carbonyl (C=O) groups is 1. The molecule has 1 aromatic heterocycles. The Kier molecular flexibility index (Phi) is 4.36. The van der Waals surface area contributed by atoms with Crippen molar-refractivity contribution in [2.45, 2.75) is 6.54 Å². The Morgan fingerprint density at radius 1 is 1.29 bits per heavy atom. The fraction of sp³-hybridized carbons (Fsp3) is 0.0833. The number of amides is 1. The van der Waals surface area contributed by atoms with Crippen LogP contribution in [0, 0.1) is 0 Å². The van der Waals surface area contributed by atoms with Gasteiger partial charge in [-0.25, -0.2) is 0 Å². The van der Waals surface area contributed by atoms with E-state index in [9.17, 15) is 4.79 Å². The van der Waals surface area contributed by atoms with Gasteiger partial charge >= 0.3 is 0 Å². The van der Waals surface area contributed by atoms with Crippen molar-refractivity contribution in [3.8, 4) is 0 Å². The molecule has 0 spiro atoms. The van der Waals surface area contributed by atoms with Gasteiger partial charge in [-0.05, 0) is 50.1 Å². The average molecular weight is 375 g/mol. The van der Waals surface area contributed by atoms with Crippen molar-refractivity contribution in [1.82, 2.24) is 5.32 Å². The maximum atomic E-state index is 11.9. The number of nitrogens with one attached hydrogen (secondary N) is 1. The number of hydrogen-bond acceptors (Lipinski definition) is 2. The molecule has 1 N–H and O–H groups in total. The quantitative estimate of drug-likeness (QED) is 0.856. The zero-order valence-corrected chi connectivity index (χ0v) is 12.7. The third kappa shape index (κ3) is 3.40. The van der Waals surface area contributed by atoms with E-state index in [1.807, 2.05) is 29.6 Å². The number of benzene rings is 1. The van der Waals surface area contributed by atoms with Gasteiger partial charge in [0.15, 0.2) is 0 Å².